The second-order valence-corrected chi connectivity index (χ2v) is 7.88. The topological polar surface area (TPSA) is 45.2 Å². The van der Waals surface area contributed by atoms with Gasteiger partial charge in [-0.1, -0.05) is 17.7 Å². The van der Waals surface area contributed by atoms with Crippen molar-refractivity contribution in [1.29, 1.82) is 0 Å². The average molecular weight is 353 g/mol. The molecule has 0 radical (unpaired) electrons. The molecular weight excluding hydrogens is 329 g/mol. The van der Waals surface area contributed by atoms with Crippen molar-refractivity contribution in [3.8, 4) is 0 Å². The third-order valence-corrected chi connectivity index (χ3v) is 5.73. The van der Waals surface area contributed by atoms with Crippen LogP contribution >= 0.6 is 0 Å². The van der Waals surface area contributed by atoms with E-state index < -0.39 is 0 Å². The van der Waals surface area contributed by atoms with Gasteiger partial charge in [0.25, 0.3) is 5.91 Å². The fraction of sp³-hybridized carbons (Fsp3) is 0.429. The van der Waals surface area contributed by atoms with E-state index in [1.54, 1.807) is 30.6 Å². The molecule has 1 N–H and O–H groups in total. The molecule has 1 aliphatic heterocycles. The third kappa shape index (κ3) is 3.49. The fourth-order valence-electron chi connectivity index (χ4n) is 4.41. The molecule has 1 aromatic carbocycles. The molecule has 2 aromatic rings. The predicted octanol–water partition coefficient (Wildman–Crippen LogP) is 3.31. The van der Waals surface area contributed by atoms with Crippen LogP contribution in [0.3, 0.4) is 0 Å². The maximum atomic E-state index is 14.0. The molecular formula is C21H24FN3O. The Kier molecular flexibility index (Phi) is 4.49. The van der Waals surface area contributed by atoms with Crippen molar-refractivity contribution in [2.45, 2.75) is 38.8 Å². The minimum absolute atomic E-state index is 0.0466. The molecule has 1 saturated heterocycles. The first-order chi connectivity index (χ1) is 12.5. The van der Waals surface area contributed by atoms with Crippen LogP contribution in [0.5, 0.6) is 0 Å². The standard InChI is InChI=1S/C21H24FN3O/c1-15-4-5-19(22)17(9-15)13-25-8-6-21(14-25)10-18(11-21)24-20(26)16-3-2-7-23-12-16/h2-5,7,9,12,18H,6,8,10-11,13-14H2,1H3,(H,24,26). The zero-order valence-electron chi connectivity index (χ0n) is 15.0. The molecule has 136 valence electrons. The molecule has 4 nitrogen and oxygen atoms in total. The lowest BCUT2D eigenvalue weighted by Gasteiger charge is -2.45. The van der Waals surface area contributed by atoms with E-state index in [9.17, 15) is 9.18 Å². The zero-order chi connectivity index (χ0) is 18.1. The third-order valence-electron chi connectivity index (χ3n) is 5.73. The van der Waals surface area contributed by atoms with Gasteiger partial charge in [-0.05, 0) is 56.3 Å². The second-order valence-electron chi connectivity index (χ2n) is 7.88. The normalized spacial score (nSPS) is 25.2. The minimum Gasteiger partial charge on any atom is -0.349 e. The number of pyridine rings is 1. The highest BCUT2D eigenvalue weighted by Crippen LogP contribution is 2.48. The summed E-state index contributed by atoms with van der Waals surface area (Å²) < 4.78 is 14.0. The molecule has 0 atom stereocenters. The van der Waals surface area contributed by atoms with E-state index in [1.165, 1.54) is 0 Å². The number of likely N-dealkylation sites (tertiary alicyclic amines) is 1. The van der Waals surface area contributed by atoms with E-state index in [2.05, 4.69) is 15.2 Å². The van der Waals surface area contributed by atoms with Crippen molar-refractivity contribution in [1.82, 2.24) is 15.2 Å². The predicted molar refractivity (Wildman–Crippen MR) is 98.2 cm³/mol. The smallest absolute Gasteiger partial charge is 0.253 e. The number of rotatable bonds is 4. The number of amides is 1. The molecule has 1 aromatic heterocycles. The summed E-state index contributed by atoms with van der Waals surface area (Å²) in [4.78, 5) is 18.6. The van der Waals surface area contributed by atoms with E-state index in [4.69, 9.17) is 0 Å². The number of aromatic nitrogens is 1. The molecule has 1 saturated carbocycles. The highest BCUT2D eigenvalue weighted by Gasteiger charge is 2.48. The van der Waals surface area contributed by atoms with Gasteiger partial charge in [-0.25, -0.2) is 4.39 Å². The van der Waals surface area contributed by atoms with Crippen LogP contribution in [0.1, 0.15) is 40.7 Å². The van der Waals surface area contributed by atoms with Gasteiger partial charge in [0.15, 0.2) is 0 Å². The molecule has 1 spiro atoms. The van der Waals surface area contributed by atoms with E-state index >= 15 is 0 Å². The van der Waals surface area contributed by atoms with Gasteiger partial charge in [-0.3, -0.25) is 14.7 Å². The van der Waals surface area contributed by atoms with Crippen molar-refractivity contribution >= 4 is 5.91 Å². The first-order valence-electron chi connectivity index (χ1n) is 9.21. The van der Waals surface area contributed by atoms with Crippen molar-refractivity contribution in [3.63, 3.8) is 0 Å². The van der Waals surface area contributed by atoms with Crippen molar-refractivity contribution < 1.29 is 9.18 Å². The Morgan fingerprint density at radius 1 is 1.38 bits per heavy atom. The van der Waals surface area contributed by atoms with E-state index in [0.29, 0.717) is 12.1 Å². The monoisotopic (exact) mass is 353 g/mol. The van der Waals surface area contributed by atoms with Crippen LogP contribution in [-0.4, -0.2) is 34.9 Å². The lowest BCUT2D eigenvalue weighted by Crippen LogP contribution is -2.51. The van der Waals surface area contributed by atoms with Crippen LogP contribution in [0.15, 0.2) is 42.7 Å². The van der Waals surface area contributed by atoms with E-state index in [1.807, 2.05) is 19.1 Å². The molecule has 26 heavy (non-hydrogen) atoms. The Morgan fingerprint density at radius 3 is 3.00 bits per heavy atom. The molecule has 0 unspecified atom stereocenters. The summed E-state index contributed by atoms with van der Waals surface area (Å²) in [7, 11) is 0. The summed E-state index contributed by atoms with van der Waals surface area (Å²) in [5.74, 6) is -0.165. The van der Waals surface area contributed by atoms with Crippen LogP contribution in [0.2, 0.25) is 0 Å². The second kappa shape index (κ2) is 6.80. The summed E-state index contributed by atoms with van der Waals surface area (Å²) in [6, 6.07) is 9.10. The maximum absolute atomic E-state index is 14.0. The van der Waals surface area contributed by atoms with Crippen molar-refractivity contribution in [2.75, 3.05) is 13.1 Å². The first-order valence-corrected chi connectivity index (χ1v) is 9.21. The van der Waals surface area contributed by atoms with Gasteiger partial charge in [-0.15, -0.1) is 0 Å². The van der Waals surface area contributed by atoms with E-state index in [0.717, 1.165) is 43.5 Å². The Hall–Kier alpha value is -2.27. The number of nitrogens with one attached hydrogen (secondary N) is 1. The first kappa shape index (κ1) is 17.2. The molecule has 2 fully saturated rings. The van der Waals surface area contributed by atoms with Crippen LogP contribution in [0.25, 0.3) is 0 Å². The summed E-state index contributed by atoms with van der Waals surface area (Å²) in [5, 5.41) is 3.11. The minimum atomic E-state index is -0.119. The molecule has 2 heterocycles. The molecule has 1 amide bonds. The summed E-state index contributed by atoms with van der Waals surface area (Å²) in [5.41, 5.74) is 2.77. The van der Waals surface area contributed by atoms with Gasteiger partial charge in [0.05, 0.1) is 5.56 Å². The van der Waals surface area contributed by atoms with Gasteiger partial charge >= 0.3 is 0 Å². The number of nitrogens with zero attached hydrogens (tertiary/aromatic N) is 2. The number of hydrogen-bond acceptors (Lipinski definition) is 3. The van der Waals surface area contributed by atoms with Gasteiger partial charge in [0.2, 0.25) is 0 Å². The Bertz CT molecular complexity index is 802. The van der Waals surface area contributed by atoms with Crippen LogP contribution in [0.4, 0.5) is 4.39 Å². The molecule has 4 rings (SSSR count). The van der Waals surface area contributed by atoms with Crippen molar-refractivity contribution in [3.05, 3.63) is 65.2 Å². The lowest BCUT2D eigenvalue weighted by atomic mass is 9.65. The Labute approximate surface area is 153 Å². The summed E-state index contributed by atoms with van der Waals surface area (Å²) in [6.45, 7) is 4.65. The lowest BCUT2D eigenvalue weighted by molar-refractivity contribution is 0.0693. The van der Waals surface area contributed by atoms with Gasteiger partial charge in [-0.2, -0.15) is 0 Å². The van der Waals surface area contributed by atoms with Crippen LogP contribution in [-0.2, 0) is 6.54 Å². The SMILES string of the molecule is Cc1ccc(F)c(CN2CCC3(CC(NC(=O)c4cccnc4)C3)C2)c1. The van der Waals surface area contributed by atoms with Gasteiger partial charge in [0, 0.05) is 37.1 Å². The number of benzene rings is 1. The zero-order valence-corrected chi connectivity index (χ0v) is 15.0. The number of halogens is 1. The Morgan fingerprint density at radius 2 is 2.23 bits per heavy atom. The maximum Gasteiger partial charge on any atom is 0.253 e. The number of aryl methyl sites for hydroxylation is 1. The van der Waals surface area contributed by atoms with Gasteiger partial charge < -0.3 is 5.32 Å². The summed E-state index contributed by atoms with van der Waals surface area (Å²) in [6.07, 6.45) is 6.40. The summed E-state index contributed by atoms with van der Waals surface area (Å²) >= 11 is 0. The fourth-order valence-corrected chi connectivity index (χ4v) is 4.41. The number of hydrogen-bond donors (Lipinski definition) is 1. The molecule has 0 bridgehead atoms. The molecule has 1 aliphatic carbocycles. The highest BCUT2D eigenvalue weighted by atomic mass is 19.1. The quantitative estimate of drug-likeness (QED) is 0.917. The van der Waals surface area contributed by atoms with Gasteiger partial charge in [0.1, 0.15) is 5.82 Å². The number of carbonyl (C=O) groups is 1. The number of carbonyl (C=O) groups excluding carboxylic acids is 1. The Balaban J connectivity index is 1.30. The molecule has 5 heteroatoms. The van der Waals surface area contributed by atoms with Crippen LogP contribution < -0.4 is 5.32 Å². The van der Waals surface area contributed by atoms with Crippen molar-refractivity contribution in [2.24, 2.45) is 5.41 Å². The van der Waals surface area contributed by atoms with E-state index in [-0.39, 0.29) is 23.2 Å². The molecule has 2 aliphatic rings. The largest absolute Gasteiger partial charge is 0.349 e. The highest BCUT2D eigenvalue weighted by molar-refractivity contribution is 5.94. The van der Waals surface area contributed by atoms with Crippen LogP contribution in [0, 0.1) is 18.2 Å². The average Bonchev–Trinajstić information content (AvgIpc) is 3.02.